The fourth-order valence-electron chi connectivity index (χ4n) is 4.04. The standard InChI is InChI=1S/C22H28N4O2/c1-2-17-14-21(24-15-23-17)26-12-10-18(11-13-26)25-22(27)20-9-8-19(28-20)16-6-4-3-5-7-16/h3-7,14-15,18-20H,2,8-13H2,1H3,(H,25,27)/t19-,20+/m0/s1. The number of nitrogens with one attached hydrogen (secondary N) is 1. The quantitative estimate of drug-likeness (QED) is 0.864. The second kappa shape index (κ2) is 8.69. The molecule has 148 valence electrons. The molecule has 0 bridgehead atoms. The maximum Gasteiger partial charge on any atom is 0.249 e. The Morgan fingerprint density at radius 2 is 1.93 bits per heavy atom. The molecule has 2 saturated heterocycles. The maximum absolute atomic E-state index is 12.7. The van der Waals surface area contributed by atoms with Crippen LogP contribution >= 0.6 is 0 Å². The summed E-state index contributed by atoms with van der Waals surface area (Å²) in [5.41, 5.74) is 2.22. The number of ether oxygens (including phenoxy) is 1. The number of hydrogen-bond acceptors (Lipinski definition) is 5. The van der Waals surface area contributed by atoms with Crippen molar-refractivity contribution in [3.63, 3.8) is 0 Å². The van der Waals surface area contributed by atoms with E-state index in [9.17, 15) is 4.79 Å². The first-order valence-electron chi connectivity index (χ1n) is 10.3. The van der Waals surface area contributed by atoms with Crippen molar-refractivity contribution in [1.82, 2.24) is 15.3 Å². The van der Waals surface area contributed by atoms with Gasteiger partial charge < -0.3 is 15.0 Å². The Hall–Kier alpha value is -2.47. The summed E-state index contributed by atoms with van der Waals surface area (Å²) in [4.78, 5) is 23.6. The van der Waals surface area contributed by atoms with E-state index in [2.05, 4.69) is 45.3 Å². The van der Waals surface area contributed by atoms with Gasteiger partial charge in [0.15, 0.2) is 0 Å². The second-order valence-corrected chi connectivity index (χ2v) is 7.59. The molecule has 28 heavy (non-hydrogen) atoms. The zero-order chi connectivity index (χ0) is 19.3. The molecule has 0 radical (unpaired) electrons. The molecule has 3 heterocycles. The van der Waals surface area contributed by atoms with Crippen LogP contribution in [0, 0.1) is 0 Å². The van der Waals surface area contributed by atoms with Crippen LogP contribution in [-0.4, -0.2) is 41.1 Å². The largest absolute Gasteiger partial charge is 0.360 e. The third-order valence-electron chi connectivity index (χ3n) is 5.72. The summed E-state index contributed by atoms with van der Waals surface area (Å²) in [5, 5.41) is 3.20. The molecular formula is C22H28N4O2. The molecule has 2 aromatic rings. The van der Waals surface area contributed by atoms with E-state index in [0.717, 1.165) is 62.3 Å². The van der Waals surface area contributed by atoms with Crippen LogP contribution < -0.4 is 10.2 Å². The van der Waals surface area contributed by atoms with Gasteiger partial charge in [0.1, 0.15) is 18.2 Å². The average molecular weight is 380 g/mol. The summed E-state index contributed by atoms with van der Waals surface area (Å²) >= 11 is 0. The lowest BCUT2D eigenvalue weighted by Gasteiger charge is -2.33. The normalized spacial score (nSPS) is 23.0. The molecule has 1 aromatic carbocycles. The van der Waals surface area contributed by atoms with E-state index >= 15 is 0 Å². The van der Waals surface area contributed by atoms with Crippen molar-refractivity contribution in [2.24, 2.45) is 0 Å². The number of aromatic nitrogens is 2. The van der Waals surface area contributed by atoms with Crippen LogP contribution in [0.15, 0.2) is 42.7 Å². The summed E-state index contributed by atoms with van der Waals surface area (Å²) in [6.45, 7) is 3.88. The summed E-state index contributed by atoms with van der Waals surface area (Å²) in [6, 6.07) is 12.4. The van der Waals surface area contributed by atoms with E-state index in [1.54, 1.807) is 6.33 Å². The number of anilines is 1. The minimum atomic E-state index is -0.336. The van der Waals surface area contributed by atoms with E-state index in [1.165, 1.54) is 0 Å². The number of carbonyl (C=O) groups excluding carboxylic acids is 1. The van der Waals surface area contributed by atoms with Crippen LogP contribution in [0.25, 0.3) is 0 Å². The minimum Gasteiger partial charge on any atom is -0.360 e. The number of nitrogens with zero attached hydrogens (tertiary/aromatic N) is 3. The highest BCUT2D eigenvalue weighted by Crippen LogP contribution is 2.32. The van der Waals surface area contributed by atoms with Crippen LogP contribution in [0.5, 0.6) is 0 Å². The van der Waals surface area contributed by atoms with Gasteiger partial charge >= 0.3 is 0 Å². The predicted molar refractivity (Wildman–Crippen MR) is 108 cm³/mol. The van der Waals surface area contributed by atoms with Crippen molar-refractivity contribution in [1.29, 1.82) is 0 Å². The second-order valence-electron chi connectivity index (χ2n) is 7.59. The van der Waals surface area contributed by atoms with E-state index in [-0.39, 0.29) is 24.2 Å². The first-order chi connectivity index (χ1) is 13.7. The van der Waals surface area contributed by atoms with Crippen molar-refractivity contribution >= 4 is 11.7 Å². The summed E-state index contributed by atoms with van der Waals surface area (Å²) < 4.78 is 6.03. The monoisotopic (exact) mass is 380 g/mol. The summed E-state index contributed by atoms with van der Waals surface area (Å²) in [5.74, 6) is 1.02. The predicted octanol–water partition coefficient (Wildman–Crippen LogP) is 3.04. The Balaban J connectivity index is 1.26. The molecular weight excluding hydrogens is 352 g/mol. The lowest BCUT2D eigenvalue weighted by Crippen LogP contribution is -2.47. The zero-order valence-electron chi connectivity index (χ0n) is 16.4. The molecule has 0 spiro atoms. The van der Waals surface area contributed by atoms with Gasteiger partial charge in [0, 0.05) is 30.9 Å². The zero-order valence-corrected chi connectivity index (χ0v) is 16.4. The first kappa shape index (κ1) is 18.9. The van der Waals surface area contributed by atoms with Crippen LogP contribution in [0.2, 0.25) is 0 Å². The first-order valence-corrected chi connectivity index (χ1v) is 10.3. The van der Waals surface area contributed by atoms with Crippen LogP contribution in [0.1, 0.15) is 50.0 Å². The summed E-state index contributed by atoms with van der Waals surface area (Å²) in [6.07, 6.45) is 5.77. The van der Waals surface area contributed by atoms with Crippen LogP contribution in [0.4, 0.5) is 5.82 Å². The van der Waals surface area contributed by atoms with Crippen molar-refractivity contribution in [2.45, 2.75) is 57.3 Å². The van der Waals surface area contributed by atoms with Gasteiger partial charge in [-0.15, -0.1) is 0 Å². The third kappa shape index (κ3) is 4.33. The van der Waals surface area contributed by atoms with Gasteiger partial charge in [-0.3, -0.25) is 4.79 Å². The fraction of sp³-hybridized carbons (Fsp3) is 0.500. The highest BCUT2D eigenvalue weighted by atomic mass is 16.5. The van der Waals surface area contributed by atoms with E-state index in [1.807, 2.05) is 18.2 Å². The van der Waals surface area contributed by atoms with Gasteiger partial charge in [-0.25, -0.2) is 9.97 Å². The Kier molecular flexibility index (Phi) is 5.86. The molecule has 1 aromatic heterocycles. The number of hydrogen-bond donors (Lipinski definition) is 1. The number of amides is 1. The minimum absolute atomic E-state index is 0.0318. The van der Waals surface area contributed by atoms with Crippen molar-refractivity contribution in [3.05, 3.63) is 54.0 Å². The highest BCUT2D eigenvalue weighted by Gasteiger charge is 2.33. The van der Waals surface area contributed by atoms with E-state index in [4.69, 9.17) is 4.74 Å². The number of piperidine rings is 1. The smallest absolute Gasteiger partial charge is 0.249 e. The number of rotatable bonds is 5. The molecule has 1 amide bonds. The van der Waals surface area contributed by atoms with E-state index < -0.39 is 0 Å². The third-order valence-corrected chi connectivity index (χ3v) is 5.72. The Labute approximate surface area is 166 Å². The molecule has 2 aliphatic heterocycles. The molecule has 0 aliphatic carbocycles. The van der Waals surface area contributed by atoms with Crippen LogP contribution in [-0.2, 0) is 16.0 Å². The van der Waals surface area contributed by atoms with Gasteiger partial charge in [0.25, 0.3) is 0 Å². The van der Waals surface area contributed by atoms with Gasteiger partial charge in [0.2, 0.25) is 5.91 Å². The maximum atomic E-state index is 12.7. The van der Waals surface area contributed by atoms with Crippen LogP contribution in [0.3, 0.4) is 0 Å². The Morgan fingerprint density at radius 3 is 2.68 bits per heavy atom. The Bertz CT molecular complexity index is 790. The van der Waals surface area contributed by atoms with E-state index in [0.29, 0.717) is 0 Å². The van der Waals surface area contributed by atoms with Crippen molar-refractivity contribution in [3.8, 4) is 0 Å². The lowest BCUT2D eigenvalue weighted by atomic mass is 10.0. The topological polar surface area (TPSA) is 67.4 Å². The molecule has 0 saturated carbocycles. The molecule has 2 aliphatic rings. The highest BCUT2D eigenvalue weighted by molar-refractivity contribution is 5.81. The van der Waals surface area contributed by atoms with Crippen molar-refractivity contribution in [2.75, 3.05) is 18.0 Å². The molecule has 1 N–H and O–H groups in total. The SMILES string of the molecule is CCc1cc(N2CCC(NC(=O)[C@H]3CC[C@@H](c4ccccc4)O3)CC2)ncn1. The van der Waals surface area contributed by atoms with Gasteiger partial charge in [0.05, 0.1) is 6.10 Å². The molecule has 0 unspecified atom stereocenters. The molecule has 2 atom stereocenters. The molecule has 6 heteroatoms. The number of benzene rings is 1. The molecule has 2 fully saturated rings. The fourth-order valence-corrected chi connectivity index (χ4v) is 4.04. The van der Waals surface area contributed by atoms with Gasteiger partial charge in [-0.05, 0) is 37.7 Å². The number of carbonyl (C=O) groups is 1. The Morgan fingerprint density at radius 1 is 1.14 bits per heavy atom. The summed E-state index contributed by atoms with van der Waals surface area (Å²) in [7, 11) is 0. The van der Waals surface area contributed by atoms with Crippen molar-refractivity contribution < 1.29 is 9.53 Å². The van der Waals surface area contributed by atoms with Gasteiger partial charge in [-0.1, -0.05) is 37.3 Å². The molecule has 4 rings (SSSR count). The average Bonchev–Trinajstić information content (AvgIpc) is 3.25. The molecule has 6 nitrogen and oxygen atoms in total. The van der Waals surface area contributed by atoms with Gasteiger partial charge in [-0.2, -0.15) is 0 Å². The number of aryl methyl sites for hydroxylation is 1. The lowest BCUT2D eigenvalue weighted by molar-refractivity contribution is -0.133.